The van der Waals surface area contributed by atoms with Crippen molar-refractivity contribution in [2.75, 3.05) is 16.5 Å². The molecule has 140 valence electrons. The second-order valence-electron chi connectivity index (χ2n) is 6.14. The number of nitrogens with zero attached hydrogens (tertiary/aromatic N) is 3. The summed E-state index contributed by atoms with van der Waals surface area (Å²) in [5, 5.41) is 0. The van der Waals surface area contributed by atoms with Gasteiger partial charge < -0.3 is 9.32 Å². The third kappa shape index (κ3) is 4.09. The van der Waals surface area contributed by atoms with E-state index in [0.717, 1.165) is 11.1 Å². The third-order valence-corrected chi connectivity index (χ3v) is 4.18. The topological polar surface area (TPSA) is 32.5 Å². The van der Waals surface area contributed by atoms with Gasteiger partial charge in [-0.1, -0.05) is 29.8 Å². The van der Waals surface area contributed by atoms with Crippen LogP contribution in [0.4, 0.5) is 11.7 Å². The summed E-state index contributed by atoms with van der Waals surface area (Å²) in [6, 6.07) is 12.9. The Bertz CT molecular complexity index is 885. The molecule has 4 rings (SSSR count). The molecule has 0 spiro atoms. The van der Waals surface area contributed by atoms with Gasteiger partial charge in [-0.3, -0.25) is 4.90 Å². The molecule has 0 atom stereocenters. The van der Waals surface area contributed by atoms with Crippen LogP contribution in [0.2, 0.25) is 0 Å². The number of oxazole rings is 1. The molecule has 0 bridgehead atoms. The van der Waals surface area contributed by atoms with Crippen LogP contribution in [-0.2, 0) is 16.5 Å². The maximum atomic E-state index is 5.85. The summed E-state index contributed by atoms with van der Waals surface area (Å²) in [6.07, 6.45) is 4.10. The number of hydrogen-bond acceptors (Lipinski definition) is 4. The third-order valence-electron chi connectivity index (χ3n) is 4.18. The molecular formula is C19H19Cl2N3OPt. The normalized spacial score (nSPS) is 13.4. The standard InChI is InChI=1S/C19H19N3O.2ClH.Pt/c1-13-10-14(2)18(15(3)11-13)21-8-9-22(12-21)19-20-16-6-4-5-7-17(16)23-19;;;/h4-11H,12H2,1-3H3;2*1H;/q;;;+2/p-2. The molecule has 0 amide bonds. The van der Waals surface area contributed by atoms with E-state index in [9.17, 15) is 0 Å². The van der Waals surface area contributed by atoms with Crippen LogP contribution in [-0.4, -0.2) is 11.7 Å². The molecule has 0 saturated carbocycles. The van der Waals surface area contributed by atoms with Crippen molar-refractivity contribution in [2.24, 2.45) is 0 Å². The second-order valence-corrected chi connectivity index (χ2v) is 9.42. The van der Waals surface area contributed by atoms with E-state index < -0.39 is 16.5 Å². The number of hydrogen-bond donors (Lipinski definition) is 0. The fraction of sp³-hybridized carbons (Fsp3) is 0.211. The molecule has 0 aliphatic carbocycles. The fourth-order valence-electron chi connectivity index (χ4n) is 3.30. The molecule has 0 fully saturated rings. The van der Waals surface area contributed by atoms with E-state index in [0.29, 0.717) is 12.7 Å². The zero-order valence-corrected chi connectivity index (χ0v) is 18.4. The number of aryl methyl sites for hydroxylation is 3. The van der Waals surface area contributed by atoms with Crippen molar-refractivity contribution < 1.29 is 20.9 Å². The van der Waals surface area contributed by atoms with Crippen molar-refractivity contribution in [3.8, 4) is 0 Å². The predicted molar refractivity (Wildman–Crippen MR) is 105 cm³/mol. The van der Waals surface area contributed by atoms with Crippen LogP contribution in [0, 0.1) is 20.8 Å². The van der Waals surface area contributed by atoms with Crippen LogP contribution in [0.1, 0.15) is 16.7 Å². The average Bonchev–Trinajstić information content (AvgIpc) is 3.21. The van der Waals surface area contributed by atoms with Gasteiger partial charge >= 0.3 is 41.3 Å². The zero-order valence-electron chi connectivity index (χ0n) is 14.6. The zero-order chi connectivity index (χ0) is 18.7. The van der Waals surface area contributed by atoms with Crippen LogP contribution in [0.15, 0.2) is 53.2 Å². The molecule has 4 nitrogen and oxygen atoms in total. The summed E-state index contributed by atoms with van der Waals surface area (Å²) in [6.45, 7) is 7.16. The quantitative estimate of drug-likeness (QED) is 0.385. The Morgan fingerprint density at radius 1 is 1.00 bits per heavy atom. The van der Waals surface area contributed by atoms with Crippen molar-refractivity contribution >= 4 is 41.6 Å². The van der Waals surface area contributed by atoms with Gasteiger partial charge in [0.2, 0.25) is 0 Å². The number of anilines is 2. The van der Waals surface area contributed by atoms with Gasteiger partial charge in [0.25, 0.3) is 0 Å². The van der Waals surface area contributed by atoms with Gasteiger partial charge in [-0.2, -0.15) is 4.98 Å². The first-order chi connectivity index (χ1) is 12.5. The Kier molecular flexibility index (Phi) is 6.28. The first kappa shape index (κ1) is 19.3. The van der Waals surface area contributed by atoms with Crippen LogP contribution < -0.4 is 9.80 Å². The maximum absolute atomic E-state index is 5.85. The monoisotopic (exact) mass is 570 g/mol. The first-order valence-electron chi connectivity index (χ1n) is 8.01. The Labute approximate surface area is 169 Å². The van der Waals surface area contributed by atoms with E-state index >= 15 is 0 Å². The van der Waals surface area contributed by atoms with Crippen LogP contribution in [0.3, 0.4) is 0 Å². The molecule has 0 unspecified atom stereocenters. The molecule has 1 aliphatic heterocycles. The number of para-hydroxylation sites is 2. The molecule has 3 aromatic rings. The van der Waals surface area contributed by atoms with Crippen molar-refractivity contribution in [1.29, 1.82) is 0 Å². The SMILES string of the molecule is Cc1cc(C)c(N2C=CN(c3nc4ccccc4o3)C2)c(C)c1.[Cl][Pt][Cl]. The number of halogens is 2. The molecular weight excluding hydrogens is 552 g/mol. The van der Waals surface area contributed by atoms with Crippen molar-refractivity contribution in [3.05, 3.63) is 65.5 Å². The van der Waals surface area contributed by atoms with E-state index in [2.05, 4.69) is 49.0 Å². The predicted octanol–water partition coefficient (Wildman–Crippen LogP) is 5.88. The Morgan fingerprint density at radius 2 is 1.62 bits per heavy atom. The van der Waals surface area contributed by atoms with Crippen LogP contribution in [0.5, 0.6) is 0 Å². The average molecular weight is 571 g/mol. The van der Waals surface area contributed by atoms with Gasteiger partial charge in [0.05, 0.1) is 0 Å². The van der Waals surface area contributed by atoms with Gasteiger partial charge in [0, 0.05) is 18.1 Å². The minimum atomic E-state index is -0.472. The number of aromatic nitrogens is 1. The summed E-state index contributed by atoms with van der Waals surface area (Å²) < 4.78 is 5.85. The van der Waals surface area contributed by atoms with E-state index in [1.807, 2.05) is 35.4 Å². The summed E-state index contributed by atoms with van der Waals surface area (Å²) in [5.41, 5.74) is 6.82. The van der Waals surface area contributed by atoms with Crippen molar-refractivity contribution in [2.45, 2.75) is 20.8 Å². The minimum absolute atomic E-state index is 0.472. The molecule has 26 heavy (non-hydrogen) atoms. The molecule has 0 N–H and O–H groups in total. The number of benzene rings is 2. The Morgan fingerprint density at radius 3 is 2.27 bits per heavy atom. The van der Waals surface area contributed by atoms with Gasteiger partial charge in [0.1, 0.15) is 12.2 Å². The van der Waals surface area contributed by atoms with Gasteiger partial charge in [-0.25, -0.2) is 0 Å². The van der Waals surface area contributed by atoms with E-state index in [4.69, 9.17) is 23.3 Å². The molecule has 0 radical (unpaired) electrons. The summed E-state index contributed by atoms with van der Waals surface area (Å²) >= 11 is -0.472. The molecule has 1 aromatic heterocycles. The van der Waals surface area contributed by atoms with E-state index in [-0.39, 0.29) is 0 Å². The van der Waals surface area contributed by atoms with Gasteiger partial charge in [0.15, 0.2) is 5.58 Å². The molecule has 1 aliphatic rings. The number of fused-ring (bicyclic) bond motifs is 1. The van der Waals surface area contributed by atoms with Gasteiger partial charge in [-0.05, 0) is 44.0 Å². The van der Waals surface area contributed by atoms with E-state index in [1.165, 1.54) is 22.4 Å². The molecule has 0 saturated heterocycles. The van der Waals surface area contributed by atoms with Crippen molar-refractivity contribution in [1.82, 2.24) is 4.98 Å². The van der Waals surface area contributed by atoms with Crippen LogP contribution in [0.25, 0.3) is 11.1 Å². The molecule has 2 aromatic carbocycles. The van der Waals surface area contributed by atoms with E-state index in [1.54, 1.807) is 0 Å². The summed E-state index contributed by atoms with van der Waals surface area (Å²) in [7, 11) is 9.75. The van der Waals surface area contributed by atoms with Crippen molar-refractivity contribution in [3.63, 3.8) is 0 Å². The first-order valence-corrected chi connectivity index (χ1v) is 13.6. The molecule has 2 heterocycles. The second kappa shape index (κ2) is 8.47. The Hall–Kier alpha value is -1.48. The summed E-state index contributed by atoms with van der Waals surface area (Å²) in [4.78, 5) is 8.82. The van der Waals surface area contributed by atoms with Gasteiger partial charge in [-0.15, -0.1) is 0 Å². The Balaban J connectivity index is 0.000000613. The number of rotatable bonds is 2. The summed E-state index contributed by atoms with van der Waals surface area (Å²) in [5.74, 6) is 0. The fourth-order valence-corrected chi connectivity index (χ4v) is 3.30. The molecule has 7 heteroatoms. The van der Waals surface area contributed by atoms with Crippen LogP contribution >= 0.6 is 18.8 Å².